The van der Waals surface area contributed by atoms with Crippen LogP contribution in [0.2, 0.25) is 0 Å². The molecule has 0 saturated carbocycles. The summed E-state index contributed by atoms with van der Waals surface area (Å²) in [5.74, 6) is 0.00668. The highest BCUT2D eigenvalue weighted by molar-refractivity contribution is 5.76. The maximum atomic E-state index is 11.9. The number of nitrogens with one attached hydrogen (secondary N) is 1. The van der Waals surface area contributed by atoms with E-state index in [1.807, 2.05) is 44.2 Å². The zero-order chi connectivity index (χ0) is 14.8. The second-order valence-corrected chi connectivity index (χ2v) is 5.03. The van der Waals surface area contributed by atoms with Crippen molar-refractivity contribution in [2.45, 2.75) is 45.3 Å². The molecule has 0 unspecified atom stereocenters. The first kappa shape index (κ1) is 16.7. The largest absolute Gasteiger partial charge is 0.376 e. The Labute approximate surface area is 121 Å². The minimum Gasteiger partial charge on any atom is -0.376 e. The quantitative estimate of drug-likeness (QED) is 0.681. The maximum Gasteiger partial charge on any atom is 0.222 e. The molecule has 0 aliphatic carbocycles. The fraction of sp³-hybridized carbons (Fsp3) is 0.562. The van der Waals surface area contributed by atoms with Gasteiger partial charge in [0.15, 0.2) is 0 Å². The number of hydrogen-bond acceptors (Lipinski definition) is 3. The first-order valence-electron chi connectivity index (χ1n) is 7.28. The van der Waals surface area contributed by atoms with E-state index in [1.165, 1.54) is 0 Å². The fourth-order valence-corrected chi connectivity index (χ4v) is 2.05. The molecule has 112 valence electrons. The smallest absolute Gasteiger partial charge is 0.222 e. The molecule has 0 spiro atoms. The summed E-state index contributed by atoms with van der Waals surface area (Å²) < 4.78 is 5.51. The van der Waals surface area contributed by atoms with Crippen LogP contribution in [0.1, 0.15) is 38.7 Å². The average molecular weight is 278 g/mol. The van der Waals surface area contributed by atoms with Gasteiger partial charge in [-0.3, -0.25) is 4.79 Å². The number of carbonyl (C=O) groups excluding carboxylic acids is 1. The van der Waals surface area contributed by atoms with Crippen molar-refractivity contribution in [2.24, 2.45) is 5.73 Å². The first-order valence-corrected chi connectivity index (χ1v) is 7.28. The van der Waals surface area contributed by atoms with E-state index in [1.54, 1.807) is 0 Å². The second kappa shape index (κ2) is 8.72. The summed E-state index contributed by atoms with van der Waals surface area (Å²) in [5.41, 5.74) is 6.61. The number of rotatable bonds is 9. The van der Waals surface area contributed by atoms with E-state index in [0.717, 1.165) is 18.4 Å². The number of carbonyl (C=O) groups is 1. The molecule has 0 heterocycles. The zero-order valence-electron chi connectivity index (χ0n) is 12.5. The summed E-state index contributed by atoms with van der Waals surface area (Å²) in [6.07, 6.45) is 2.06. The van der Waals surface area contributed by atoms with Crippen LogP contribution >= 0.6 is 0 Å². The molecule has 0 aromatic heterocycles. The molecule has 1 rings (SSSR count). The normalized spacial score (nSPS) is 11.3. The molecule has 4 heteroatoms. The lowest BCUT2D eigenvalue weighted by Gasteiger charge is -2.31. The summed E-state index contributed by atoms with van der Waals surface area (Å²) in [6, 6.07) is 9.94. The predicted molar refractivity (Wildman–Crippen MR) is 81.2 cm³/mol. The van der Waals surface area contributed by atoms with E-state index >= 15 is 0 Å². The Kier molecular flexibility index (Phi) is 7.26. The van der Waals surface area contributed by atoms with Crippen molar-refractivity contribution in [2.75, 3.05) is 13.2 Å². The van der Waals surface area contributed by atoms with Crippen LogP contribution < -0.4 is 11.1 Å². The van der Waals surface area contributed by atoms with Crippen molar-refractivity contribution in [3.8, 4) is 0 Å². The number of nitrogens with two attached hydrogens (primary N) is 1. The van der Waals surface area contributed by atoms with Crippen LogP contribution in [0.3, 0.4) is 0 Å². The number of benzene rings is 1. The first-order chi connectivity index (χ1) is 9.65. The lowest BCUT2D eigenvalue weighted by molar-refractivity contribution is -0.124. The van der Waals surface area contributed by atoms with Crippen molar-refractivity contribution in [1.82, 2.24) is 5.32 Å². The monoisotopic (exact) mass is 278 g/mol. The predicted octanol–water partition coefficient (Wildman–Crippen LogP) is 2.23. The molecule has 1 aromatic carbocycles. The highest BCUT2D eigenvalue weighted by Crippen LogP contribution is 2.13. The molecule has 0 saturated heterocycles. The van der Waals surface area contributed by atoms with Gasteiger partial charge in [-0.25, -0.2) is 0 Å². The van der Waals surface area contributed by atoms with E-state index in [-0.39, 0.29) is 11.4 Å². The third kappa shape index (κ3) is 5.31. The Bertz CT molecular complexity index is 380. The average Bonchev–Trinajstić information content (AvgIpc) is 2.50. The van der Waals surface area contributed by atoms with Crippen molar-refractivity contribution in [3.63, 3.8) is 0 Å². The number of ether oxygens (including phenoxy) is 1. The molecule has 0 bridgehead atoms. The van der Waals surface area contributed by atoms with E-state index in [2.05, 4.69) is 5.32 Å². The SMILES string of the molecule is CCC(CC)(CN)NC(=O)CCOCc1ccccc1. The standard InChI is InChI=1S/C16H26N2O2/c1-3-16(4-2,13-17)18-15(19)10-11-20-12-14-8-6-5-7-9-14/h5-9H,3-4,10-13,17H2,1-2H3,(H,18,19). The van der Waals surface area contributed by atoms with Gasteiger partial charge in [0.2, 0.25) is 5.91 Å². The van der Waals surface area contributed by atoms with Crippen molar-refractivity contribution < 1.29 is 9.53 Å². The van der Waals surface area contributed by atoms with Gasteiger partial charge in [0.25, 0.3) is 0 Å². The van der Waals surface area contributed by atoms with Gasteiger partial charge in [0.1, 0.15) is 0 Å². The molecule has 0 aliphatic rings. The third-order valence-electron chi connectivity index (χ3n) is 3.73. The molecule has 0 fully saturated rings. The maximum absolute atomic E-state index is 11.9. The van der Waals surface area contributed by atoms with Gasteiger partial charge in [-0.15, -0.1) is 0 Å². The Morgan fingerprint density at radius 1 is 1.25 bits per heavy atom. The molecular weight excluding hydrogens is 252 g/mol. The lowest BCUT2D eigenvalue weighted by Crippen LogP contribution is -2.53. The van der Waals surface area contributed by atoms with Crippen LogP contribution in [-0.4, -0.2) is 24.6 Å². The second-order valence-electron chi connectivity index (χ2n) is 5.03. The summed E-state index contributed by atoms with van der Waals surface area (Å²) in [6.45, 7) is 5.52. The molecule has 0 atom stereocenters. The van der Waals surface area contributed by atoms with Crippen molar-refractivity contribution in [3.05, 3.63) is 35.9 Å². The summed E-state index contributed by atoms with van der Waals surface area (Å²) in [5, 5.41) is 3.03. The molecule has 1 aromatic rings. The van der Waals surface area contributed by atoms with Crippen LogP contribution in [0, 0.1) is 0 Å². The summed E-state index contributed by atoms with van der Waals surface area (Å²) >= 11 is 0. The van der Waals surface area contributed by atoms with Crippen molar-refractivity contribution >= 4 is 5.91 Å². The number of amides is 1. The van der Waals surface area contributed by atoms with E-state index in [4.69, 9.17) is 10.5 Å². The van der Waals surface area contributed by atoms with E-state index in [9.17, 15) is 4.79 Å². The van der Waals surface area contributed by atoms with Crippen LogP contribution in [-0.2, 0) is 16.1 Å². The number of hydrogen-bond donors (Lipinski definition) is 2. The van der Waals surface area contributed by atoms with Gasteiger partial charge in [-0.05, 0) is 18.4 Å². The highest BCUT2D eigenvalue weighted by atomic mass is 16.5. The molecule has 0 aliphatic heterocycles. The van der Waals surface area contributed by atoms with Crippen LogP contribution in [0.5, 0.6) is 0 Å². The minimum absolute atomic E-state index is 0.00668. The summed E-state index contributed by atoms with van der Waals surface area (Å²) in [4.78, 5) is 11.9. The Balaban J connectivity index is 2.26. The van der Waals surface area contributed by atoms with Gasteiger partial charge >= 0.3 is 0 Å². The molecule has 1 amide bonds. The molecular formula is C16H26N2O2. The molecule has 4 nitrogen and oxygen atoms in total. The fourth-order valence-electron chi connectivity index (χ4n) is 2.05. The summed E-state index contributed by atoms with van der Waals surface area (Å²) in [7, 11) is 0. The topological polar surface area (TPSA) is 64.3 Å². The third-order valence-corrected chi connectivity index (χ3v) is 3.73. The van der Waals surface area contributed by atoms with Crippen LogP contribution in [0.15, 0.2) is 30.3 Å². The molecule has 20 heavy (non-hydrogen) atoms. The zero-order valence-corrected chi connectivity index (χ0v) is 12.5. The molecule has 3 N–H and O–H groups in total. The molecule has 0 radical (unpaired) electrons. The van der Waals surface area contributed by atoms with Gasteiger partial charge in [0.05, 0.1) is 18.8 Å². The van der Waals surface area contributed by atoms with Gasteiger partial charge < -0.3 is 15.8 Å². The van der Waals surface area contributed by atoms with Gasteiger partial charge in [0, 0.05) is 13.0 Å². The lowest BCUT2D eigenvalue weighted by atomic mass is 9.93. The highest BCUT2D eigenvalue weighted by Gasteiger charge is 2.25. The Morgan fingerprint density at radius 3 is 2.45 bits per heavy atom. The minimum atomic E-state index is -0.267. The van der Waals surface area contributed by atoms with E-state index < -0.39 is 0 Å². The Morgan fingerprint density at radius 2 is 1.90 bits per heavy atom. The van der Waals surface area contributed by atoms with E-state index in [0.29, 0.717) is 26.2 Å². The van der Waals surface area contributed by atoms with Gasteiger partial charge in [-0.1, -0.05) is 44.2 Å². The van der Waals surface area contributed by atoms with Crippen molar-refractivity contribution in [1.29, 1.82) is 0 Å². The van der Waals surface area contributed by atoms with Crippen LogP contribution in [0.25, 0.3) is 0 Å². The Hall–Kier alpha value is -1.39. The van der Waals surface area contributed by atoms with Crippen LogP contribution in [0.4, 0.5) is 0 Å². The van der Waals surface area contributed by atoms with Gasteiger partial charge in [-0.2, -0.15) is 0 Å².